The largest absolute Gasteiger partial charge is 0.346 e. The van der Waals surface area contributed by atoms with E-state index in [9.17, 15) is 4.79 Å². The lowest BCUT2D eigenvalue weighted by Crippen LogP contribution is -2.24. The van der Waals surface area contributed by atoms with E-state index < -0.39 is 0 Å². The molecule has 0 bridgehead atoms. The molecule has 84 valence electrons. The van der Waals surface area contributed by atoms with Gasteiger partial charge in [-0.2, -0.15) is 0 Å². The maximum Gasteiger partial charge on any atom is 0.263 e. The third-order valence-electron chi connectivity index (χ3n) is 3.35. The molecule has 0 saturated heterocycles. The van der Waals surface area contributed by atoms with Gasteiger partial charge in [0.15, 0.2) is 0 Å². The summed E-state index contributed by atoms with van der Waals surface area (Å²) in [5, 5.41) is 0.755. The second-order valence-corrected chi connectivity index (χ2v) is 4.49. The third kappa shape index (κ3) is 1.29. The Morgan fingerprint density at radius 1 is 1.38 bits per heavy atom. The Kier molecular flexibility index (Phi) is 2.09. The maximum absolute atomic E-state index is 12.3. The topological polar surface area (TPSA) is 50.7 Å². The summed E-state index contributed by atoms with van der Waals surface area (Å²) in [5.74, 6) is 0.942. The van der Waals surface area contributed by atoms with Crippen molar-refractivity contribution < 1.29 is 0 Å². The first kappa shape index (κ1) is 9.63. The number of fused-ring (bicyclic) bond motifs is 2. The Labute approximate surface area is 93.3 Å². The van der Waals surface area contributed by atoms with Gasteiger partial charge >= 0.3 is 0 Å². The first-order chi connectivity index (χ1) is 7.77. The van der Waals surface area contributed by atoms with E-state index in [0.717, 1.165) is 48.2 Å². The summed E-state index contributed by atoms with van der Waals surface area (Å²) in [5.41, 5.74) is 1.86. The molecular weight excluding hydrogens is 202 g/mol. The smallest absolute Gasteiger partial charge is 0.263 e. The Balaban J connectivity index is 2.36. The average Bonchev–Trinajstić information content (AvgIpc) is 2.51. The molecule has 2 aromatic rings. The number of aromatic amines is 1. The Hall–Kier alpha value is -1.58. The van der Waals surface area contributed by atoms with Gasteiger partial charge in [0.25, 0.3) is 5.56 Å². The van der Waals surface area contributed by atoms with E-state index in [4.69, 9.17) is 0 Å². The van der Waals surface area contributed by atoms with Crippen molar-refractivity contribution in [3.63, 3.8) is 0 Å². The van der Waals surface area contributed by atoms with Crippen LogP contribution in [0.4, 0.5) is 0 Å². The summed E-state index contributed by atoms with van der Waals surface area (Å²) in [6.45, 7) is 2.77. The quantitative estimate of drug-likeness (QED) is 0.731. The van der Waals surface area contributed by atoms with Crippen LogP contribution in [0.25, 0.3) is 11.0 Å². The summed E-state index contributed by atoms with van der Waals surface area (Å²) in [4.78, 5) is 20.0. The van der Waals surface area contributed by atoms with E-state index in [1.807, 2.05) is 17.7 Å². The molecule has 0 aromatic carbocycles. The molecule has 0 saturated carbocycles. The zero-order chi connectivity index (χ0) is 11.1. The summed E-state index contributed by atoms with van der Waals surface area (Å²) in [7, 11) is 0. The lowest BCUT2D eigenvalue weighted by atomic mass is 10.2. The van der Waals surface area contributed by atoms with Crippen LogP contribution in [0.2, 0.25) is 0 Å². The minimum absolute atomic E-state index is 0.126. The fraction of sp³-hybridized carbons (Fsp3) is 0.500. The van der Waals surface area contributed by atoms with Crippen molar-refractivity contribution in [2.75, 3.05) is 0 Å². The maximum atomic E-state index is 12.3. The van der Waals surface area contributed by atoms with Crippen molar-refractivity contribution in [2.24, 2.45) is 0 Å². The van der Waals surface area contributed by atoms with E-state index >= 15 is 0 Å². The number of nitrogens with one attached hydrogen (secondary N) is 1. The van der Waals surface area contributed by atoms with Gasteiger partial charge in [0.05, 0.1) is 5.39 Å². The molecule has 16 heavy (non-hydrogen) atoms. The van der Waals surface area contributed by atoms with Crippen molar-refractivity contribution in [3.8, 4) is 0 Å². The van der Waals surface area contributed by atoms with Gasteiger partial charge in [-0.15, -0.1) is 0 Å². The van der Waals surface area contributed by atoms with Crippen LogP contribution >= 0.6 is 0 Å². The molecule has 0 aliphatic carbocycles. The Morgan fingerprint density at radius 2 is 2.25 bits per heavy atom. The predicted molar refractivity (Wildman–Crippen MR) is 62.6 cm³/mol. The van der Waals surface area contributed by atoms with Crippen LogP contribution in [0, 0.1) is 6.92 Å². The van der Waals surface area contributed by atoms with Crippen LogP contribution < -0.4 is 5.56 Å². The number of hydrogen-bond donors (Lipinski definition) is 1. The van der Waals surface area contributed by atoms with Crippen LogP contribution in [0.15, 0.2) is 11.0 Å². The van der Waals surface area contributed by atoms with Gasteiger partial charge in [0, 0.05) is 19.2 Å². The van der Waals surface area contributed by atoms with Crippen LogP contribution in [0.3, 0.4) is 0 Å². The predicted octanol–water partition coefficient (Wildman–Crippen LogP) is 1.76. The third-order valence-corrected chi connectivity index (χ3v) is 3.35. The molecule has 1 aliphatic rings. The van der Waals surface area contributed by atoms with Gasteiger partial charge in [0.1, 0.15) is 11.5 Å². The van der Waals surface area contributed by atoms with E-state index in [0.29, 0.717) is 0 Å². The number of hydrogen-bond acceptors (Lipinski definition) is 2. The molecule has 0 atom stereocenters. The second-order valence-electron chi connectivity index (χ2n) is 4.49. The van der Waals surface area contributed by atoms with E-state index in [1.54, 1.807) is 0 Å². The van der Waals surface area contributed by atoms with Crippen molar-refractivity contribution in [1.29, 1.82) is 0 Å². The second kappa shape index (κ2) is 3.47. The molecular formula is C12H15N3O. The first-order valence-electron chi connectivity index (χ1n) is 5.85. The highest BCUT2D eigenvalue weighted by Gasteiger charge is 2.15. The minimum atomic E-state index is 0.126. The fourth-order valence-electron chi connectivity index (χ4n) is 2.46. The summed E-state index contributed by atoms with van der Waals surface area (Å²) >= 11 is 0. The van der Waals surface area contributed by atoms with E-state index in [2.05, 4.69) is 9.97 Å². The monoisotopic (exact) mass is 217 g/mol. The normalized spacial score (nSPS) is 16.1. The highest BCUT2D eigenvalue weighted by atomic mass is 16.1. The standard InChI is InChI=1S/C12H15N3O/c1-8-7-13-11-10(8)12(16)15-6-4-2-3-5-9(15)14-11/h7,13H,2-6H2,1H3. The number of aryl methyl sites for hydroxylation is 2. The van der Waals surface area contributed by atoms with Crippen LogP contribution in [0.5, 0.6) is 0 Å². The molecule has 4 nitrogen and oxygen atoms in total. The van der Waals surface area contributed by atoms with Gasteiger partial charge in [-0.3, -0.25) is 9.36 Å². The fourth-order valence-corrected chi connectivity index (χ4v) is 2.46. The van der Waals surface area contributed by atoms with Crippen molar-refractivity contribution in [1.82, 2.24) is 14.5 Å². The number of aromatic nitrogens is 3. The average molecular weight is 217 g/mol. The van der Waals surface area contributed by atoms with Crippen molar-refractivity contribution in [2.45, 2.75) is 39.2 Å². The molecule has 3 heterocycles. The van der Waals surface area contributed by atoms with Gasteiger partial charge in [-0.1, -0.05) is 6.42 Å². The molecule has 0 fully saturated rings. The Morgan fingerprint density at radius 3 is 3.12 bits per heavy atom. The zero-order valence-electron chi connectivity index (χ0n) is 9.42. The minimum Gasteiger partial charge on any atom is -0.346 e. The highest BCUT2D eigenvalue weighted by molar-refractivity contribution is 5.78. The van der Waals surface area contributed by atoms with Crippen LogP contribution in [-0.2, 0) is 13.0 Å². The zero-order valence-corrected chi connectivity index (χ0v) is 9.42. The van der Waals surface area contributed by atoms with Gasteiger partial charge < -0.3 is 4.98 Å². The molecule has 0 amide bonds. The van der Waals surface area contributed by atoms with Crippen LogP contribution in [0.1, 0.15) is 30.7 Å². The van der Waals surface area contributed by atoms with Gasteiger partial charge in [-0.05, 0) is 25.3 Å². The molecule has 3 rings (SSSR count). The number of H-pyrrole nitrogens is 1. The lowest BCUT2D eigenvalue weighted by molar-refractivity contribution is 0.614. The SMILES string of the molecule is Cc1c[nH]c2nc3n(c(=O)c12)CCCCC3. The number of nitrogens with zero attached hydrogens (tertiary/aromatic N) is 2. The molecule has 1 aliphatic heterocycles. The molecule has 4 heteroatoms. The van der Waals surface area contributed by atoms with Gasteiger partial charge in [-0.25, -0.2) is 4.98 Å². The van der Waals surface area contributed by atoms with Crippen molar-refractivity contribution in [3.05, 3.63) is 27.9 Å². The number of rotatable bonds is 0. The first-order valence-corrected chi connectivity index (χ1v) is 5.85. The van der Waals surface area contributed by atoms with Crippen LogP contribution in [-0.4, -0.2) is 14.5 Å². The summed E-state index contributed by atoms with van der Waals surface area (Å²) in [6, 6.07) is 0. The van der Waals surface area contributed by atoms with E-state index in [-0.39, 0.29) is 5.56 Å². The molecule has 0 unspecified atom stereocenters. The van der Waals surface area contributed by atoms with Crippen molar-refractivity contribution >= 4 is 11.0 Å². The lowest BCUT2D eigenvalue weighted by Gasteiger charge is -2.08. The molecule has 0 radical (unpaired) electrons. The molecule has 2 aromatic heterocycles. The molecule has 1 N–H and O–H groups in total. The summed E-state index contributed by atoms with van der Waals surface area (Å²) in [6.07, 6.45) is 6.19. The van der Waals surface area contributed by atoms with Gasteiger partial charge in [0.2, 0.25) is 0 Å². The van der Waals surface area contributed by atoms with E-state index in [1.165, 1.54) is 6.42 Å². The molecule has 0 spiro atoms. The summed E-state index contributed by atoms with van der Waals surface area (Å²) < 4.78 is 1.86. The highest BCUT2D eigenvalue weighted by Crippen LogP contribution is 2.16. The Bertz CT molecular complexity index is 594.